The van der Waals surface area contributed by atoms with Crippen LogP contribution in [-0.2, 0) is 11.3 Å². The second-order valence-corrected chi connectivity index (χ2v) is 9.46. The molecule has 0 saturated carbocycles. The van der Waals surface area contributed by atoms with E-state index in [1.165, 1.54) is 12.1 Å². The van der Waals surface area contributed by atoms with Crippen molar-refractivity contribution in [1.29, 1.82) is 0 Å². The van der Waals surface area contributed by atoms with Gasteiger partial charge in [0.15, 0.2) is 0 Å². The first-order valence-corrected chi connectivity index (χ1v) is 11.9. The molecular formula is C27H29FN4O2. The number of nitrogens with one attached hydrogen (secondary N) is 1. The van der Waals surface area contributed by atoms with Gasteiger partial charge in [-0.15, -0.1) is 0 Å². The zero-order valence-electron chi connectivity index (χ0n) is 19.3. The quantitative estimate of drug-likeness (QED) is 0.639. The molecule has 2 aromatic carbocycles. The molecule has 3 heterocycles. The third-order valence-electron chi connectivity index (χ3n) is 7.28. The summed E-state index contributed by atoms with van der Waals surface area (Å²) in [6.45, 7) is 3.42. The molecule has 6 nitrogen and oxygen atoms in total. The Morgan fingerprint density at radius 3 is 2.74 bits per heavy atom. The van der Waals surface area contributed by atoms with Crippen LogP contribution in [0.5, 0.6) is 0 Å². The lowest BCUT2D eigenvalue weighted by molar-refractivity contribution is -0.122. The monoisotopic (exact) mass is 460 g/mol. The van der Waals surface area contributed by atoms with Crippen LogP contribution in [0.1, 0.15) is 58.9 Å². The smallest absolute Gasteiger partial charge is 0.254 e. The molecule has 1 aromatic heterocycles. The molecule has 2 saturated heterocycles. The summed E-state index contributed by atoms with van der Waals surface area (Å²) in [5.41, 5.74) is 1.99. The van der Waals surface area contributed by atoms with E-state index >= 15 is 0 Å². The average Bonchev–Trinajstić information content (AvgIpc) is 3.34. The van der Waals surface area contributed by atoms with Crippen LogP contribution in [0, 0.1) is 12.7 Å². The number of rotatable bonds is 4. The number of aryl methyl sites for hydroxylation is 1. The summed E-state index contributed by atoms with van der Waals surface area (Å²) in [7, 11) is 0. The Morgan fingerprint density at radius 2 is 1.97 bits per heavy atom. The highest BCUT2D eigenvalue weighted by Crippen LogP contribution is 2.41. The van der Waals surface area contributed by atoms with Gasteiger partial charge in [-0.05, 0) is 49.1 Å². The van der Waals surface area contributed by atoms with Crippen LogP contribution in [0.2, 0.25) is 0 Å². The van der Waals surface area contributed by atoms with Gasteiger partial charge in [0.1, 0.15) is 11.6 Å². The van der Waals surface area contributed by atoms with E-state index in [-0.39, 0.29) is 23.5 Å². The normalized spacial score (nSPS) is 22.6. The fourth-order valence-electron chi connectivity index (χ4n) is 5.48. The molecule has 2 atom stereocenters. The van der Waals surface area contributed by atoms with Gasteiger partial charge < -0.3 is 14.8 Å². The number of benzene rings is 2. The van der Waals surface area contributed by atoms with E-state index in [1.54, 1.807) is 18.3 Å². The molecule has 0 radical (unpaired) electrons. The van der Waals surface area contributed by atoms with E-state index in [4.69, 9.17) is 0 Å². The van der Waals surface area contributed by atoms with Gasteiger partial charge in [0.25, 0.3) is 5.91 Å². The summed E-state index contributed by atoms with van der Waals surface area (Å²) < 4.78 is 15.7. The zero-order valence-corrected chi connectivity index (χ0v) is 19.3. The Bertz CT molecular complexity index is 1210. The first kappa shape index (κ1) is 22.3. The molecule has 2 aliphatic heterocycles. The zero-order chi connectivity index (χ0) is 23.7. The van der Waals surface area contributed by atoms with E-state index in [2.05, 4.69) is 10.3 Å². The summed E-state index contributed by atoms with van der Waals surface area (Å²) in [6, 6.07) is 14.1. The minimum absolute atomic E-state index is 0.0230. The van der Waals surface area contributed by atoms with Crippen LogP contribution in [-0.4, -0.2) is 44.9 Å². The van der Waals surface area contributed by atoms with Crippen molar-refractivity contribution < 1.29 is 14.0 Å². The molecule has 3 aromatic rings. The SMILES string of the molecule is Cc1nccn1Cc1ccccc1C(=O)N1C[C@@H](c2ccc(F)cc2)[C@@]2(CCCCC(=O)N2)C1. The molecule has 0 bridgehead atoms. The lowest BCUT2D eigenvalue weighted by Crippen LogP contribution is -2.52. The molecule has 2 fully saturated rings. The lowest BCUT2D eigenvalue weighted by Gasteiger charge is -2.34. The molecule has 0 unspecified atom stereocenters. The van der Waals surface area contributed by atoms with Crippen molar-refractivity contribution in [2.75, 3.05) is 13.1 Å². The molecule has 7 heteroatoms. The fraction of sp³-hybridized carbons (Fsp3) is 0.370. The van der Waals surface area contributed by atoms with Crippen molar-refractivity contribution in [2.24, 2.45) is 0 Å². The highest BCUT2D eigenvalue weighted by Gasteiger charge is 2.50. The Labute approximate surface area is 198 Å². The van der Waals surface area contributed by atoms with Gasteiger partial charge in [-0.25, -0.2) is 9.37 Å². The molecule has 0 aliphatic carbocycles. The van der Waals surface area contributed by atoms with Gasteiger partial charge in [0.05, 0.1) is 5.54 Å². The lowest BCUT2D eigenvalue weighted by atomic mass is 9.79. The molecule has 1 spiro atoms. The predicted octanol–water partition coefficient (Wildman–Crippen LogP) is 4.05. The minimum Gasteiger partial charge on any atom is -0.348 e. The number of carbonyl (C=O) groups excluding carboxylic acids is 2. The van der Waals surface area contributed by atoms with Crippen LogP contribution in [0.25, 0.3) is 0 Å². The largest absolute Gasteiger partial charge is 0.348 e. The fourth-order valence-corrected chi connectivity index (χ4v) is 5.48. The van der Waals surface area contributed by atoms with Gasteiger partial charge >= 0.3 is 0 Å². The summed E-state index contributed by atoms with van der Waals surface area (Å²) in [5.74, 6) is 0.477. The molecule has 2 aliphatic rings. The maximum absolute atomic E-state index is 13.8. The maximum Gasteiger partial charge on any atom is 0.254 e. The summed E-state index contributed by atoms with van der Waals surface area (Å²) in [5, 5.41) is 3.27. The van der Waals surface area contributed by atoms with E-state index in [0.717, 1.165) is 36.2 Å². The van der Waals surface area contributed by atoms with Gasteiger partial charge in [-0.1, -0.05) is 36.8 Å². The summed E-state index contributed by atoms with van der Waals surface area (Å²) in [6.07, 6.45) is 6.71. The molecule has 34 heavy (non-hydrogen) atoms. The Balaban J connectivity index is 1.48. The van der Waals surface area contributed by atoms with Crippen molar-refractivity contribution in [1.82, 2.24) is 19.8 Å². The molecular weight excluding hydrogens is 431 g/mol. The van der Waals surface area contributed by atoms with Gasteiger partial charge in [-0.2, -0.15) is 0 Å². The first-order valence-electron chi connectivity index (χ1n) is 11.9. The second kappa shape index (κ2) is 9.05. The molecule has 5 rings (SSSR count). The Hall–Kier alpha value is -3.48. The van der Waals surface area contributed by atoms with Crippen molar-refractivity contribution in [3.63, 3.8) is 0 Å². The third-order valence-corrected chi connectivity index (χ3v) is 7.28. The van der Waals surface area contributed by atoms with Gasteiger partial charge in [-0.3, -0.25) is 9.59 Å². The average molecular weight is 461 g/mol. The number of nitrogens with zero attached hydrogens (tertiary/aromatic N) is 3. The molecule has 1 N–H and O–H groups in total. The Morgan fingerprint density at radius 1 is 1.18 bits per heavy atom. The number of hydrogen-bond donors (Lipinski definition) is 1. The van der Waals surface area contributed by atoms with Gasteiger partial charge in [0, 0.05) is 49.9 Å². The first-order chi connectivity index (χ1) is 16.4. The van der Waals surface area contributed by atoms with Gasteiger partial charge in [0.2, 0.25) is 5.91 Å². The molecule has 176 valence electrons. The van der Waals surface area contributed by atoms with Crippen LogP contribution in [0.4, 0.5) is 4.39 Å². The van der Waals surface area contributed by atoms with E-state index < -0.39 is 5.54 Å². The topological polar surface area (TPSA) is 67.2 Å². The highest BCUT2D eigenvalue weighted by molar-refractivity contribution is 5.96. The van der Waals surface area contributed by atoms with Crippen molar-refractivity contribution in [3.05, 3.63) is 89.3 Å². The van der Waals surface area contributed by atoms with Crippen LogP contribution < -0.4 is 5.32 Å². The number of amides is 2. The number of aromatic nitrogens is 2. The van der Waals surface area contributed by atoms with E-state index in [1.807, 2.05) is 46.9 Å². The highest BCUT2D eigenvalue weighted by atomic mass is 19.1. The number of hydrogen-bond acceptors (Lipinski definition) is 3. The Kier molecular flexibility index (Phi) is 5.94. The summed E-state index contributed by atoms with van der Waals surface area (Å²) >= 11 is 0. The standard InChI is InChI=1S/C27H29FN4O2/c1-19-29-14-15-31(19)16-21-6-2-3-7-23(21)26(34)32-17-24(20-9-11-22(28)12-10-20)27(18-32)13-5-4-8-25(33)30-27/h2-3,6-7,9-12,14-15,24H,4-5,8,13,16-18H2,1H3,(H,30,33)/t24-,27+/m0/s1. The van der Waals surface area contributed by atoms with Crippen molar-refractivity contribution in [3.8, 4) is 0 Å². The van der Waals surface area contributed by atoms with Crippen molar-refractivity contribution in [2.45, 2.75) is 50.6 Å². The van der Waals surface area contributed by atoms with E-state index in [0.29, 0.717) is 31.6 Å². The predicted molar refractivity (Wildman–Crippen MR) is 127 cm³/mol. The van der Waals surface area contributed by atoms with E-state index in [9.17, 15) is 14.0 Å². The number of imidazole rings is 1. The summed E-state index contributed by atoms with van der Waals surface area (Å²) in [4.78, 5) is 32.6. The van der Waals surface area contributed by atoms with Crippen LogP contribution >= 0.6 is 0 Å². The van der Waals surface area contributed by atoms with Crippen molar-refractivity contribution >= 4 is 11.8 Å². The van der Waals surface area contributed by atoms with Crippen LogP contribution in [0.3, 0.4) is 0 Å². The minimum atomic E-state index is -0.545. The van der Waals surface area contributed by atoms with Crippen LogP contribution in [0.15, 0.2) is 60.9 Å². The second-order valence-electron chi connectivity index (χ2n) is 9.46. The maximum atomic E-state index is 13.8. The molecule has 2 amide bonds. The number of halogens is 1. The number of carbonyl (C=O) groups is 2. The number of likely N-dealkylation sites (tertiary alicyclic amines) is 1. The third kappa shape index (κ3) is 4.22.